The molecule has 0 fully saturated rings. The molecule has 1 aromatic carbocycles. The quantitative estimate of drug-likeness (QED) is 0.755. The molecule has 20 heavy (non-hydrogen) atoms. The van der Waals surface area contributed by atoms with Crippen LogP contribution in [-0.2, 0) is 0 Å². The summed E-state index contributed by atoms with van der Waals surface area (Å²) in [4.78, 5) is 11.8. The third kappa shape index (κ3) is 4.81. The molecule has 5 nitrogen and oxygen atoms in total. The standard InChI is InChI=1S/C14H21ClN2O3/c1-4-5-6-7-16-14(18)17-11-9-12(19-2)10(15)8-13(11)20-3/h8-9H,4-7H2,1-3H3,(H2,16,17,18). The Labute approximate surface area is 124 Å². The van der Waals surface area contributed by atoms with Crippen molar-refractivity contribution in [1.29, 1.82) is 0 Å². The van der Waals surface area contributed by atoms with Gasteiger partial charge in [0.2, 0.25) is 0 Å². The van der Waals surface area contributed by atoms with E-state index < -0.39 is 0 Å². The van der Waals surface area contributed by atoms with Crippen LogP contribution in [0, 0.1) is 0 Å². The minimum absolute atomic E-state index is 0.274. The Morgan fingerprint density at radius 1 is 1.20 bits per heavy atom. The molecule has 0 saturated carbocycles. The van der Waals surface area contributed by atoms with Gasteiger partial charge in [-0.1, -0.05) is 31.4 Å². The van der Waals surface area contributed by atoms with Crippen LogP contribution in [0.2, 0.25) is 5.02 Å². The number of ether oxygens (including phenoxy) is 2. The Morgan fingerprint density at radius 2 is 1.90 bits per heavy atom. The number of methoxy groups -OCH3 is 2. The molecule has 2 amide bonds. The summed E-state index contributed by atoms with van der Waals surface area (Å²) in [6.07, 6.45) is 3.18. The fourth-order valence-electron chi connectivity index (χ4n) is 1.70. The van der Waals surface area contributed by atoms with Crippen LogP contribution in [0.3, 0.4) is 0 Å². The molecular formula is C14H21ClN2O3. The number of carbonyl (C=O) groups is 1. The molecule has 0 aliphatic heterocycles. The van der Waals surface area contributed by atoms with E-state index >= 15 is 0 Å². The Balaban J connectivity index is 2.68. The van der Waals surface area contributed by atoms with E-state index in [0.717, 1.165) is 19.3 Å². The van der Waals surface area contributed by atoms with Crippen molar-refractivity contribution in [2.45, 2.75) is 26.2 Å². The number of carbonyl (C=O) groups excluding carboxylic acids is 1. The SMILES string of the molecule is CCCCCNC(=O)Nc1cc(OC)c(Cl)cc1OC. The van der Waals surface area contributed by atoms with Gasteiger partial charge in [-0.25, -0.2) is 4.79 Å². The second kappa shape index (κ2) is 8.53. The highest BCUT2D eigenvalue weighted by molar-refractivity contribution is 6.32. The number of urea groups is 1. The summed E-state index contributed by atoms with van der Waals surface area (Å²) in [5.41, 5.74) is 0.516. The summed E-state index contributed by atoms with van der Waals surface area (Å²) in [6, 6.07) is 2.96. The molecule has 0 saturated heterocycles. The van der Waals surface area contributed by atoms with Gasteiger partial charge in [-0.2, -0.15) is 0 Å². The van der Waals surface area contributed by atoms with Crippen LogP contribution in [0.15, 0.2) is 12.1 Å². The van der Waals surface area contributed by atoms with Crippen LogP contribution < -0.4 is 20.1 Å². The van der Waals surface area contributed by atoms with E-state index in [4.69, 9.17) is 21.1 Å². The zero-order valence-electron chi connectivity index (χ0n) is 12.1. The molecule has 1 aromatic rings. The maximum Gasteiger partial charge on any atom is 0.319 e. The molecule has 2 N–H and O–H groups in total. The third-order valence-electron chi connectivity index (χ3n) is 2.79. The predicted molar refractivity (Wildman–Crippen MR) is 81.1 cm³/mol. The molecule has 0 atom stereocenters. The predicted octanol–water partition coefficient (Wildman–Crippen LogP) is 3.67. The van der Waals surface area contributed by atoms with Crippen LogP contribution in [0.4, 0.5) is 10.5 Å². The normalized spacial score (nSPS) is 10.0. The maximum absolute atomic E-state index is 11.8. The summed E-state index contributed by atoms with van der Waals surface area (Å²) in [6.45, 7) is 2.76. The number of anilines is 1. The minimum atomic E-state index is -0.274. The summed E-state index contributed by atoms with van der Waals surface area (Å²) in [5, 5.41) is 5.95. The lowest BCUT2D eigenvalue weighted by molar-refractivity contribution is 0.251. The first-order valence-electron chi connectivity index (χ1n) is 6.58. The van der Waals surface area contributed by atoms with Gasteiger partial charge in [0.1, 0.15) is 11.5 Å². The number of benzene rings is 1. The lowest BCUT2D eigenvalue weighted by Crippen LogP contribution is -2.29. The number of hydrogen-bond acceptors (Lipinski definition) is 3. The van der Waals surface area contributed by atoms with Crippen molar-refractivity contribution in [1.82, 2.24) is 5.32 Å². The van der Waals surface area contributed by atoms with Crippen molar-refractivity contribution in [2.24, 2.45) is 0 Å². The highest BCUT2D eigenvalue weighted by Crippen LogP contribution is 2.35. The molecule has 112 valence electrons. The number of rotatable bonds is 7. The van der Waals surface area contributed by atoms with Crippen LogP contribution in [0.5, 0.6) is 11.5 Å². The fraction of sp³-hybridized carbons (Fsp3) is 0.500. The number of amides is 2. The Bertz CT molecular complexity index is 452. The summed E-state index contributed by atoms with van der Waals surface area (Å²) < 4.78 is 10.3. The molecule has 0 spiro atoms. The lowest BCUT2D eigenvalue weighted by atomic mass is 10.2. The van der Waals surface area contributed by atoms with Gasteiger partial charge < -0.3 is 20.1 Å². The summed E-state index contributed by atoms with van der Waals surface area (Å²) in [7, 11) is 3.03. The van der Waals surface area contributed by atoms with Gasteiger partial charge in [0, 0.05) is 18.7 Å². The largest absolute Gasteiger partial charge is 0.495 e. The van der Waals surface area contributed by atoms with Crippen molar-refractivity contribution in [3.63, 3.8) is 0 Å². The van der Waals surface area contributed by atoms with E-state index in [9.17, 15) is 4.79 Å². The smallest absolute Gasteiger partial charge is 0.319 e. The van der Waals surface area contributed by atoms with E-state index in [1.54, 1.807) is 12.1 Å². The van der Waals surface area contributed by atoms with E-state index in [-0.39, 0.29) is 6.03 Å². The topological polar surface area (TPSA) is 59.6 Å². The minimum Gasteiger partial charge on any atom is -0.495 e. The zero-order chi connectivity index (χ0) is 15.0. The first kappa shape index (κ1) is 16.4. The van der Waals surface area contributed by atoms with E-state index in [2.05, 4.69) is 17.6 Å². The lowest BCUT2D eigenvalue weighted by Gasteiger charge is -2.13. The van der Waals surface area contributed by atoms with E-state index in [0.29, 0.717) is 28.8 Å². The molecule has 0 unspecified atom stereocenters. The van der Waals surface area contributed by atoms with E-state index in [1.165, 1.54) is 14.2 Å². The van der Waals surface area contributed by atoms with Crippen molar-refractivity contribution >= 4 is 23.3 Å². The Hall–Kier alpha value is -1.62. The highest BCUT2D eigenvalue weighted by Gasteiger charge is 2.12. The Morgan fingerprint density at radius 3 is 2.50 bits per heavy atom. The first-order chi connectivity index (χ1) is 9.62. The molecule has 0 bridgehead atoms. The van der Waals surface area contributed by atoms with Gasteiger partial charge in [0.05, 0.1) is 24.9 Å². The molecule has 0 aromatic heterocycles. The zero-order valence-corrected chi connectivity index (χ0v) is 12.8. The molecule has 0 aliphatic carbocycles. The number of unbranched alkanes of at least 4 members (excludes halogenated alkanes) is 2. The fourth-order valence-corrected chi connectivity index (χ4v) is 1.93. The second-order valence-corrected chi connectivity index (χ2v) is 4.68. The molecule has 0 radical (unpaired) electrons. The summed E-state index contributed by atoms with van der Waals surface area (Å²) >= 11 is 6.00. The Kier molecular flexibility index (Phi) is 7.01. The third-order valence-corrected chi connectivity index (χ3v) is 3.08. The molecule has 0 aliphatic rings. The number of nitrogens with one attached hydrogen (secondary N) is 2. The van der Waals surface area contributed by atoms with Crippen LogP contribution in [0.25, 0.3) is 0 Å². The van der Waals surface area contributed by atoms with E-state index in [1.807, 2.05) is 0 Å². The second-order valence-electron chi connectivity index (χ2n) is 4.28. The van der Waals surface area contributed by atoms with Gasteiger partial charge in [0.15, 0.2) is 0 Å². The summed E-state index contributed by atoms with van der Waals surface area (Å²) in [5.74, 6) is 0.966. The van der Waals surface area contributed by atoms with Gasteiger partial charge in [-0.15, -0.1) is 0 Å². The maximum atomic E-state index is 11.8. The first-order valence-corrected chi connectivity index (χ1v) is 6.96. The van der Waals surface area contributed by atoms with Gasteiger partial charge in [-0.05, 0) is 6.42 Å². The van der Waals surface area contributed by atoms with Crippen molar-refractivity contribution in [3.8, 4) is 11.5 Å². The number of halogens is 1. The van der Waals surface area contributed by atoms with Crippen molar-refractivity contribution in [3.05, 3.63) is 17.2 Å². The molecule has 0 heterocycles. The van der Waals surface area contributed by atoms with Crippen LogP contribution >= 0.6 is 11.6 Å². The van der Waals surface area contributed by atoms with Crippen molar-refractivity contribution in [2.75, 3.05) is 26.1 Å². The van der Waals surface area contributed by atoms with Crippen molar-refractivity contribution < 1.29 is 14.3 Å². The average Bonchev–Trinajstić information content (AvgIpc) is 2.45. The van der Waals surface area contributed by atoms with Gasteiger partial charge in [-0.3, -0.25) is 0 Å². The highest BCUT2D eigenvalue weighted by atomic mass is 35.5. The van der Waals surface area contributed by atoms with Gasteiger partial charge >= 0.3 is 6.03 Å². The molecular weight excluding hydrogens is 280 g/mol. The van der Waals surface area contributed by atoms with Gasteiger partial charge in [0.25, 0.3) is 0 Å². The molecule has 1 rings (SSSR count). The molecule has 6 heteroatoms. The average molecular weight is 301 g/mol. The van der Waals surface area contributed by atoms with Crippen LogP contribution in [-0.4, -0.2) is 26.8 Å². The number of hydrogen-bond donors (Lipinski definition) is 2. The monoisotopic (exact) mass is 300 g/mol. The van der Waals surface area contributed by atoms with Crippen LogP contribution in [0.1, 0.15) is 26.2 Å².